The summed E-state index contributed by atoms with van der Waals surface area (Å²) in [5.74, 6) is -3.03. The Bertz CT molecular complexity index is 533. The summed E-state index contributed by atoms with van der Waals surface area (Å²) >= 11 is 0. The molecule has 0 radical (unpaired) electrons. The number of ether oxygens (including phenoxy) is 1. The number of allylic oxidation sites excluding steroid dienone is 2. The average molecular weight is 324 g/mol. The molecule has 2 N–H and O–H groups in total. The van der Waals surface area contributed by atoms with Gasteiger partial charge in [-0.1, -0.05) is 19.1 Å². The minimum Gasteiger partial charge on any atom is -0.468 e. The van der Waals surface area contributed by atoms with Crippen molar-refractivity contribution in [1.82, 2.24) is 10.2 Å². The maximum Gasteiger partial charge on any atom is 0.329 e. The number of fused-ring (bicyclic) bond motifs is 1. The minimum absolute atomic E-state index is 0.309. The van der Waals surface area contributed by atoms with Crippen molar-refractivity contribution in [2.75, 3.05) is 20.8 Å². The highest BCUT2D eigenvalue weighted by Gasteiger charge is 2.67. The number of methoxy groups -OCH3 is 1. The predicted molar refractivity (Wildman–Crippen MR) is 82.2 cm³/mol. The van der Waals surface area contributed by atoms with Crippen molar-refractivity contribution in [3.8, 4) is 0 Å². The monoisotopic (exact) mass is 324 g/mol. The lowest BCUT2D eigenvalue weighted by molar-refractivity contribution is -0.156. The first-order valence-electron chi connectivity index (χ1n) is 7.88. The molecule has 2 aliphatic rings. The summed E-state index contributed by atoms with van der Waals surface area (Å²) in [6, 6.07) is -0.353. The Morgan fingerprint density at radius 2 is 2.09 bits per heavy atom. The van der Waals surface area contributed by atoms with Crippen LogP contribution in [0.5, 0.6) is 0 Å². The van der Waals surface area contributed by atoms with Crippen LogP contribution in [0, 0.1) is 11.8 Å². The predicted octanol–water partition coefficient (Wildman–Crippen LogP) is -0.160. The van der Waals surface area contributed by atoms with Crippen LogP contribution in [0.25, 0.3) is 0 Å². The van der Waals surface area contributed by atoms with Gasteiger partial charge in [0.15, 0.2) is 5.54 Å². The molecule has 128 valence electrons. The quantitative estimate of drug-likeness (QED) is 0.400. The number of carbonyl (C=O) groups is 3. The van der Waals surface area contributed by atoms with Gasteiger partial charge in [-0.2, -0.15) is 0 Å². The Balaban J connectivity index is 2.33. The fraction of sp³-hybridized carbons (Fsp3) is 0.688. The van der Waals surface area contributed by atoms with Crippen LogP contribution in [0.15, 0.2) is 12.2 Å². The summed E-state index contributed by atoms with van der Waals surface area (Å²) in [4.78, 5) is 38.2. The second-order valence-electron chi connectivity index (χ2n) is 6.07. The third-order valence-corrected chi connectivity index (χ3v) is 4.82. The van der Waals surface area contributed by atoms with Crippen LogP contribution in [-0.2, 0) is 19.1 Å². The first-order valence-corrected chi connectivity index (χ1v) is 7.88. The molecule has 2 fully saturated rings. The van der Waals surface area contributed by atoms with E-state index in [2.05, 4.69) is 5.32 Å². The zero-order chi connectivity index (χ0) is 17.2. The van der Waals surface area contributed by atoms with Crippen molar-refractivity contribution < 1.29 is 24.2 Å². The molecule has 0 aliphatic carbocycles. The molecule has 0 aromatic carbocycles. The topological polar surface area (TPSA) is 95.9 Å². The van der Waals surface area contributed by atoms with E-state index in [0.717, 1.165) is 17.7 Å². The fourth-order valence-corrected chi connectivity index (χ4v) is 3.66. The zero-order valence-corrected chi connectivity index (χ0v) is 13.7. The van der Waals surface area contributed by atoms with Crippen molar-refractivity contribution in [2.45, 2.75) is 37.8 Å². The van der Waals surface area contributed by atoms with Gasteiger partial charge < -0.3 is 9.84 Å². The van der Waals surface area contributed by atoms with Crippen molar-refractivity contribution in [3.63, 3.8) is 0 Å². The SMILES string of the molecule is CCC=CCC[C@H]1N[C@@](CO)(C(=O)OC)[C@H]2C(=O)N(C)C(=O)[C@@H]12. The smallest absolute Gasteiger partial charge is 0.329 e. The van der Waals surface area contributed by atoms with E-state index in [4.69, 9.17) is 4.74 Å². The molecule has 0 aromatic rings. The number of aliphatic hydroxyl groups excluding tert-OH is 1. The summed E-state index contributed by atoms with van der Waals surface area (Å²) in [6.45, 7) is 1.44. The van der Waals surface area contributed by atoms with Gasteiger partial charge in [0, 0.05) is 13.1 Å². The summed E-state index contributed by atoms with van der Waals surface area (Å²) in [5.41, 5.74) is -1.55. The van der Waals surface area contributed by atoms with Crippen molar-refractivity contribution >= 4 is 17.8 Å². The molecule has 0 unspecified atom stereocenters. The van der Waals surface area contributed by atoms with Crippen LogP contribution in [0.4, 0.5) is 0 Å². The standard InChI is InChI=1S/C16H24N2O5/c1-4-5-6-7-8-10-11-12(14(21)18(2)13(11)20)16(9-19,17-10)15(22)23-3/h5-6,10-12,17,19H,4,7-9H2,1-3H3/t10-,11+,12-,16-/m1/s1. The molecule has 7 heteroatoms. The molecule has 2 saturated heterocycles. The van der Waals surface area contributed by atoms with E-state index in [1.807, 2.05) is 19.1 Å². The van der Waals surface area contributed by atoms with Crippen LogP contribution in [0.3, 0.4) is 0 Å². The molecule has 7 nitrogen and oxygen atoms in total. The Morgan fingerprint density at radius 1 is 1.39 bits per heavy atom. The average Bonchev–Trinajstić information content (AvgIpc) is 3.01. The third kappa shape index (κ3) is 2.68. The molecule has 23 heavy (non-hydrogen) atoms. The number of nitrogens with one attached hydrogen (secondary N) is 1. The third-order valence-electron chi connectivity index (χ3n) is 4.82. The lowest BCUT2D eigenvalue weighted by Crippen LogP contribution is -2.59. The maximum atomic E-state index is 12.4. The number of hydrogen-bond donors (Lipinski definition) is 2. The van der Waals surface area contributed by atoms with E-state index >= 15 is 0 Å². The van der Waals surface area contributed by atoms with E-state index in [9.17, 15) is 19.5 Å². The van der Waals surface area contributed by atoms with Crippen LogP contribution < -0.4 is 5.32 Å². The van der Waals surface area contributed by atoms with E-state index in [0.29, 0.717) is 6.42 Å². The second kappa shape index (κ2) is 6.80. The molecule has 0 spiro atoms. The van der Waals surface area contributed by atoms with Gasteiger partial charge in [0.1, 0.15) is 0 Å². The molecule has 0 bridgehead atoms. The highest BCUT2D eigenvalue weighted by molar-refractivity contribution is 6.09. The number of esters is 1. The molecule has 0 aromatic heterocycles. The van der Waals surface area contributed by atoms with Gasteiger partial charge in [-0.3, -0.25) is 19.8 Å². The molecule has 2 aliphatic heterocycles. The van der Waals surface area contributed by atoms with Gasteiger partial charge in [0.05, 0.1) is 25.6 Å². The van der Waals surface area contributed by atoms with Crippen LogP contribution in [0.2, 0.25) is 0 Å². The van der Waals surface area contributed by atoms with Gasteiger partial charge in [-0.25, -0.2) is 4.79 Å². The molecule has 0 saturated carbocycles. The number of imide groups is 1. The van der Waals surface area contributed by atoms with Gasteiger partial charge >= 0.3 is 5.97 Å². The zero-order valence-electron chi connectivity index (χ0n) is 13.7. The molecule has 4 atom stereocenters. The van der Waals surface area contributed by atoms with Crippen molar-refractivity contribution in [2.24, 2.45) is 11.8 Å². The van der Waals surface area contributed by atoms with Gasteiger partial charge in [-0.05, 0) is 19.3 Å². The number of hydrogen-bond acceptors (Lipinski definition) is 6. The summed E-state index contributed by atoms with van der Waals surface area (Å²) in [7, 11) is 2.62. The summed E-state index contributed by atoms with van der Waals surface area (Å²) < 4.78 is 4.79. The minimum atomic E-state index is -1.55. The van der Waals surface area contributed by atoms with Gasteiger partial charge in [0.2, 0.25) is 11.8 Å². The molecule has 2 heterocycles. The summed E-state index contributed by atoms with van der Waals surface area (Å²) in [5, 5.41) is 12.9. The number of carbonyl (C=O) groups excluding carboxylic acids is 3. The Morgan fingerprint density at radius 3 is 2.65 bits per heavy atom. The van der Waals surface area contributed by atoms with Gasteiger partial charge in [0.25, 0.3) is 0 Å². The number of likely N-dealkylation sites (tertiary alicyclic amines) is 1. The molecular formula is C16H24N2O5. The van der Waals surface area contributed by atoms with Gasteiger partial charge in [-0.15, -0.1) is 0 Å². The lowest BCUT2D eigenvalue weighted by Gasteiger charge is -2.29. The fourth-order valence-electron chi connectivity index (χ4n) is 3.66. The van der Waals surface area contributed by atoms with E-state index in [-0.39, 0.29) is 11.9 Å². The first-order chi connectivity index (χ1) is 10.9. The Hall–Kier alpha value is -1.73. The highest BCUT2D eigenvalue weighted by Crippen LogP contribution is 2.44. The lowest BCUT2D eigenvalue weighted by atomic mass is 9.80. The van der Waals surface area contributed by atoms with E-state index < -0.39 is 35.9 Å². The van der Waals surface area contributed by atoms with E-state index in [1.54, 1.807) is 0 Å². The van der Waals surface area contributed by atoms with Crippen molar-refractivity contribution in [3.05, 3.63) is 12.2 Å². The maximum absolute atomic E-state index is 12.4. The Labute approximate surface area is 135 Å². The van der Waals surface area contributed by atoms with Crippen LogP contribution >= 0.6 is 0 Å². The first kappa shape index (κ1) is 17.6. The highest BCUT2D eigenvalue weighted by atomic mass is 16.5. The second-order valence-corrected chi connectivity index (χ2v) is 6.07. The number of amides is 2. The number of nitrogens with zero attached hydrogens (tertiary/aromatic N) is 1. The molecular weight excluding hydrogens is 300 g/mol. The van der Waals surface area contributed by atoms with Crippen LogP contribution in [-0.4, -0.2) is 60.1 Å². The number of rotatable bonds is 6. The van der Waals surface area contributed by atoms with Crippen molar-refractivity contribution in [1.29, 1.82) is 0 Å². The number of aliphatic hydroxyl groups is 1. The molecule has 2 amide bonds. The van der Waals surface area contributed by atoms with Crippen LogP contribution in [0.1, 0.15) is 26.2 Å². The normalized spacial score (nSPS) is 33.6. The largest absolute Gasteiger partial charge is 0.468 e. The Kier molecular flexibility index (Phi) is 5.21. The van der Waals surface area contributed by atoms with E-state index in [1.165, 1.54) is 14.2 Å². The summed E-state index contributed by atoms with van der Waals surface area (Å²) in [6.07, 6.45) is 6.29. The molecule has 2 rings (SSSR count).